The Balaban J connectivity index is 1.31. The Bertz CT molecular complexity index is 1790. The molecule has 5 aromatic rings. The largest absolute Gasteiger partial charge is 0.461 e. The van der Waals surface area contributed by atoms with Gasteiger partial charge in [-0.15, -0.1) is 0 Å². The van der Waals surface area contributed by atoms with E-state index in [1.807, 2.05) is 29.2 Å². The number of piperidine rings is 1. The Labute approximate surface area is 243 Å². The summed E-state index contributed by atoms with van der Waals surface area (Å²) < 4.78 is 50.1. The average molecular weight is 595 g/mol. The molecule has 0 amide bonds. The van der Waals surface area contributed by atoms with Gasteiger partial charge in [0.1, 0.15) is 23.6 Å². The van der Waals surface area contributed by atoms with Gasteiger partial charge in [0.25, 0.3) is 6.43 Å². The third-order valence-electron chi connectivity index (χ3n) is 8.25. The van der Waals surface area contributed by atoms with Crippen LogP contribution in [0, 0.1) is 17.7 Å². The van der Waals surface area contributed by atoms with Crippen molar-refractivity contribution < 1.29 is 23.0 Å². The van der Waals surface area contributed by atoms with E-state index in [0.717, 1.165) is 11.8 Å². The van der Waals surface area contributed by atoms with Gasteiger partial charge in [0.2, 0.25) is 0 Å². The summed E-state index contributed by atoms with van der Waals surface area (Å²) in [6, 6.07) is 10.9. The van der Waals surface area contributed by atoms with Crippen molar-refractivity contribution in [2.45, 2.75) is 31.9 Å². The maximum absolute atomic E-state index is 16.5. The number of hydrogen-bond donors (Lipinski definition) is 1. The highest BCUT2D eigenvalue weighted by Crippen LogP contribution is 2.41. The van der Waals surface area contributed by atoms with E-state index in [2.05, 4.69) is 19.9 Å². The lowest BCUT2D eigenvalue weighted by Crippen LogP contribution is -2.38. The molecule has 1 saturated heterocycles. The van der Waals surface area contributed by atoms with Crippen LogP contribution in [-0.4, -0.2) is 55.4 Å². The Morgan fingerprint density at radius 2 is 1.90 bits per heavy atom. The third-order valence-corrected chi connectivity index (χ3v) is 8.56. The van der Waals surface area contributed by atoms with Crippen LogP contribution in [0.5, 0.6) is 6.01 Å². The van der Waals surface area contributed by atoms with Crippen molar-refractivity contribution in [3.05, 3.63) is 71.7 Å². The monoisotopic (exact) mass is 594 g/mol. The van der Waals surface area contributed by atoms with Crippen molar-refractivity contribution in [2.24, 2.45) is 11.8 Å². The summed E-state index contributed by atoms with van der Waals surface area (Å²) in [6.45, 7) is 1.24. The second kappa shape index (κ2) is 10.7. The van der Waals surface area contributed by atoms with Crippen LogP contribution in [0.2, 0.25) is 5.02 Å². The number of pyridine rings is 1. The first-order valence-corrected chi connectivity index (χ1v) is 14.1. The third kappa shape index (κ3) is 4.70. The Morgan fingerprint density at radius 1 is 1.07 bits per heavy atom. The SMILES string of the molecule is O[C@@H]1C[C@H]2C[C@@H]1CN(c1nc(OCCn3ccnc3C(F)F)nc3c(F)c(-c4cccc5cccc(Cl)c45)ncc13)C2. The van der Waals surface area contributed by atoms with Gasteiger partial charge in [-0.2, -0.15) is 9.97 Å². The van der Waals surface area contributed by atoms with Crippen molar-refractivity contribution in [3.63, 3.8) is 0 Å². The maximum atomic E-state index is 16.5. The lowest BCUT2D eigenvalue weighted by molar-refractivity contribution is 0.133. The van der Waals surface area contributed by atoms with Gasteiger partial charge in [-0.3, -0.25) is 4.98 Å². The number of benzene rings is 2. The van der Waals surface area contributed by atoms with Gasteiger partial charge in [0.05, 0.1) is 18.0 Å². The van der Waals surface area contributed by atoms with E-state index >= 15 is 4.39 Å². The zero-order valence-electron chi connectivity index (χ0n) is 22.3. The molecule has 2 aliphatic rings. The topological polar surface area (TPSA) is 89.2 Å². The zero-order chi connectivity index (χ0) is 29.0. The molecule has 3 atom stereocenters. The highest BCUT2D eigenvalue weighted by Gasteiger charge is 2.40. The normalized spacial score (nSPS) is 20.2. The summed E-state index contributed by atoms with van der Waals surface area (Å²) in [5.74, 6) is -0.178. The molecule has 42 heavy (non-hydrogen) atoms. The van der Waals surface area contributed by atoms with Crippen LogP contribution in [-0.2, 0) is 6.54 Å². The number of fused-ring (bicyclic) bond motifs is 4. The van der Waals surface area contributed by atoms with E-state index in [9.17, 15) is 13.9 Å². The van der Waals surface area contributed by atoms with Crippen molar-refractivity contribution in [1.29, 1.82) is 0 Å². The first-order valence-electron chi connectivity index (χ1n) is 13.8. The highest BCUT2D eigenvalue weighted by atomic mass is 35.5. The molecule has 0 spiro atoms. The van der Waals surface area contributed by atoms with Crippen molar-refractivity contribution >= 4 is 39.1 Å². The fourth-order valence-corrected chi connectivity index (χ4v) is 6.64. The Hall–Kier alpha value is -3.96. The highest BCUT2D eigenvalue weighted by molar-refractivity contribution is 6.36. The molecule has 2 bridgehead atoms. The van der Waals surface area contributed by atoms with Crippen LogP contribution in [0.4, 0.5) is 19.0 Å². The van der Waals surface area contributed by atoms with E-state index in [-0.39, 0.29) is 54.1 Å². The van der Waals surface area contributed by atoms with Crippen LogP contribution in [0.15, 0.2) is 55.0 Å². The van der Waals surface area contributed by atoms with E-state index in [0.29, 0.717) is 46.7 Å². The molecule has 1 N–H and O–H groups in total. The molecule has 8 nitrogen and oxygen atoms in total. The fraction of sp³-hybridized carbons (Fsp3) is 0.333. The van der Waals surface area contributed by atoms with Crippen molar-refractivity contribution in [1.82, 2.24) is 24.5 Å². The lowest BCUT2D eigenvalue weighted by atomic mass is 9.98. The van der Waals surface area contributed by atoms with Crippen LogP contribution in [0.3, 0.4) is 0 Å². The molecule has 1 aliphatic heterocycles. The summed E-state index contributed by atoms with van der Waals surface area (Å²) in [4.78, 5) is 19.3. The van der Waals surface area contributed by atoms with Crippen molar-refractivity contribution in [2.75, 3.05) is 24.6 Å². The number of ether oxygens (including phenoxy) is 1. The average Bonchev–Trinajstić information content (AvgIpc) is 3.56. The fourth-order valence-electron chi connectivity index (χ4n) is 6.36. The number of rotatable bonds is 7. The molecule has 216 valence electrons. The van der Waals surface area contributed by atoms with Gasteiger partial charge >= 0.3 is 6.01 Å². The smallest absolute Gasteiger partial charge is 0.319 e. The van der Waals surface area contributed by atoms with E-state index in [1.165, 1.54) is 17.0 Å². The Kier molecular flexibility index (Phi) is 6.86. The molecule has 0 unspecified atom stereocenters. The molecule has 1 saturated carbocycles. The minimum absolute atomic E-state index is 0.0263. The van der Waals surface area contributed by atoms with Gasteiger partial charge in [-0.05, 0) is 30.2 Å². The minimum Gasteiger partial charge on any atom is -0.461 e. The number of anilines is 1. The zero-order valence-corrected chi connectivity index (χ0v) is 23.1. The van der Waals surface area contributed by atoms with E-state index in [1.54, 1.807) is 18.3 Å². The molecule has 12 heteroatoms. The number of nitrogens with zero attached hydrogens (tertiary/aromatic N) is 6. The number of hydrogen-bond acceptors (Lipinski definition) is 7. The second-order valence-corrected chi connectivity index (χ2v) is 11.3. The van der Waals surface area contributed by atoms with Crippen LogP contribution >= 0.6 is 11.6 Å². The van der Waals surface area contributed by atoms with E-state index in [4.69, 9.17) is 16.3 Å². The summed E-state index contributed by atoms with van der Waals surface area (Å²) in [5.41, 5.74) is 0.642. The summed E-state index contributed by atoms with van der Waals surface area (Å²) >= 11 is 6.53. The molecular weight excluding hydrogens is 569 g/mol. The first-order chi connectivity index (χ1) is 20.4. The van der Waals surface area contributed by atoms with Crippen LogP contribution in [0.25, 0.3) is 32.9 Å². The molecule has 0 radical (unpaired) electrons. The molecular formula is C30H26ClF3N6O2. The predicted octanol–water partition coefficient (Wildman–Crippen LogP) is 6.06. The summed E-state index contributed by atoms with van der Waals surface area (Å²) in [6.07, 6.45) is 2.84. The number of aliphatic hydroxyl groups is 1. The van der Waals surface area contributed by atoms with Gasteiger partial charge < -0.3 is 19.3 Å². The molecule has 3 aromatic heterocycles. The maximum Gasteiger partial charge on any atom is 0.319 e. The van der Waals surface area contributed by atoms with E-state index < -0.39 is 12.2 Å². The summed E-state index contributed by atoms with van der Waals surface area (Å²) in [5, 5.41) is 12.9. The quantitative estimate of drug-likeness (QED) is 0.245. The Morgan fingerprint density at radius 3 is 2.71 bits per heavy atom. The van der Waals surface area contributed by atoms with Gasteiger partial charge in [-0.1, -0.05) is 41.9 Å². The van der Waals surface area contributed by atoms with Gasteiger partial charge in [0.15, 0.2) is 11.6 Å². The molecule has 2 fully saturated rings. The predicted molar refractivity (Wildman–Crippen MR) is 152 cm³/mol. The number of alkyl halides is 2. The summed E-state index contributed by atoms with van der Waals surface area (Å²) in [7, 11) is 0. The van der Waals surface area contributed by atoms with Crippen LogP contribution < -0.4 is 9.64 Å². The number of imidazole rings is 1. The molecule has 1 aliphatic carbocycles. The number of aliphatic hydroxyl groups excluding tert-OH is 1. The number of halogens is 4. The minimum atomic E-state index is -2.73. The van der Waals surface area contributed by atoms with Crippen LogP contribution in [0.1, 0.15) is 25.1 Å². The van der Waals surface area contributed by atoms with Gasteiger partial charge in [-0.25, -0.2) is 18.2 Å². The molecule has 7 rings (SSSR count). The van der Waals surface area contributed by atoms with Gasteiger partial charge in [0, 0.05) is 53.6 Å². The van der Waals surface area contributed by atoms with Crippen molar-refractivity contribution in [3.8, 4) is 17.3 Å². The lowest BCUT2D eigenvalue weighted by Gasteiger charge is -2.33. The number of aromatic nitrogens is 5. The first kappa shape index (κ1) is 26.9. The molecule has 2 aromatic carbocycles. The second-order valence-electron chi connectivity index (χ2n) is 10.9. The standard InChI is InChI=1S/C30H26ClF3N6O2/c31-21-6-2-4-17-3-1-5-19(23(17)21)25-24(32)26-20(13-36-25)28(40-14-16-11-18(15-40)22(41)12-16)38-30(37-26)42-10-9-39-8-7-35-29(39)27(33)34/h1-8,13,16,18,22,27,41H,9-12,14-15H2/t16-,18-,22-/m1/s1. The molecule has 4 heterocycles.